The van der Waals surface area contributed by atoms with Crippen molar-refractivity contribution in [2.75, 3.05) is 25.0 Å². The molecule has 1 saturated heterocycles. The van der Waals surface area contributed by atoms with E-state index in [1.807, 2.05) is 18.2 Å². The number of amides is 1. The van der Waals surface area contributed by atoms with Gasteiger partial charge in [-0.15, -0.1) is 0 Å². The van der Waals surface area contributed by atoms with Gasteiger partial charge in [0.1, 0.15) is 6.10 Å². The average molecular weight is 380 g/mol. The van der Waals surface area contributed by atoms with Crippen LogP contribution in [0.5, 0.6) is 0 Å². The lowest BCUT2D eigenvalue weighted by Gasteiger charge is -2.32. The summed E-state index contributed by atoms with van der Waals surface area (Å²) in [5.74, 6) is -0.522. The minimum absolute atomic E-state index is 0.205. The predicted molar refractivity (Wildman–Crippen MR) is 103 cm³/mol. The lowest BCUT2D eigenvalue weighted by atomic mass is 10.1. The zero-order chi connectivity index (χ0) is 19.3. The van der Waals surface area contributed by atoms with Gasteiger partial charge in [0, 0.05) is 30.9 Å². The van der Waals surface area contributed by atoms with E-state index in [0.717, 1.165) is 13.1 Å². The molecule has 1 fully saturated rings. The molecule has 1 aliphatic heterocycles. The van der Waals surface area contributed by atoms with Crippen LogP contribution in [0.15, 0.2) is 63.9 Å². The van der Waals surface area contributed by atoms with Crippen molar-refractivity contribution in [3.8, 4) is 11.4 Å². The first kappa shape index (κ1) is 18.1. The number of nitrogens with one attached hydrogen (secondary N) is 2. The normalized spacial score (nSPS) is 17.4. The fraction of sp³-hybridized carbons (Fsp3) is 0.250. The maximum absolute atomic E-state index is 12.7. The standard InChI is InChI=1S/C20H20N4O4/c25-19(17-13-24(9-10-27-17)12-14-5-2-1-3-6-14)21-16-8-4-7-15(11-16)18-22-20(26)28-23-18/h1-8,11,17H,9-10,12-13H2,(H,21,25)(H,22,23,26). The van der Waals surface area contributed by atoms with Gasteiger partial charge in [0.25, 0.3) is 5.91 Å². The number of benzene rings is 2. The van der Waals surface area contributed by atoms with Crippen molar-refractivity contribution in [3.05, 3.63) is 70.7 Å². The average Bonchev–Trinajstić information content (AvgIpc) is 3.16. The lowest BCUT2D eigenvalue weighted by molar-refractivity contribution is -0.133. The van der Waals surface area contributed by atoms with Gasteiger partial charge in [-0.05, 0) is 17.7 Å². The van der Waals surface area contributed by atoms with E-state index in [1.54, 1.807) is 24.3 Å². The van der Waals surface area contributed by atoms with Crippen LogP contribution in [0.25, 0.3) is 11.4 Å². The summed E-state index contributed by atoms with van der Waals surface area (Å²) in [4.78, 5) is 28.5. The van der Waals surface area contributed by atoms with E-state index in [4.69, 9.17) is 4.74 Å². The Kier molecular flexibility index (Phi) is 5.31. The number of rotatable bonds is 5. The third-order valence-corrected chi connectivity index (χ3v) is 4.54. The molecule has 8 heteroatoms. The smallest absolute Gasteiger partial charge is 0.366 e. The Bertz CT molecular complexity index is 998. The van der Waals surface area contributed by atoms with Crippen LogP contribution >= 0.6 is 0 Å². The minimum Gasteiger partial charge on any atom is -0.366 e. The lowest BCUT2D eigenvalue weighted by Crippen LogP contribution is -2.47. The molecular formula is C20H20N4O4. The molecule has 1 unspecified atom stereocenters. The van der Waals surface area contributed by atoms with Gasteiger partial charge in [-0.2, -0.15) is 0 Å². The number of morpholine rings is 1. The summed E-state index contributed by atoms with van der Waals surface area (Å²) in [6.45, 7) is 2.60. The third kappa shape index (κ3) is 4.36. The van der Waals surface area contributed by atoms with Gasteiger partial charge in [-0.25, -0.2) is 4.79 Å². The molecule has 3 aromatic rings. The van der Waals surface area contributed by atoms with E-state index in [1.165, 1.54) is 5.56 Å². The number of aromatic amines is 1. The first-order valence-electron chi connectivity index (χ1n) is 9.02. The zero-order valence-corrected chi connectivity index (χ0v) is 15.1. The molecule has 0 spiro atoms. The van der Waals surface area contributed by atoms with E-state index >= 15 is 0 Å². The number of ether oxygens (including phenoxy) is 1. The number of carbonyl (C=O) groups excluding carboxylic acids is 1. The second kappa shape index (κ2) is 8.20. The Morgan fingerprint density at radius 1 is 1.21 bits per heavy atom. The Balaban J connectivity index is 1.40. The van der Waals surface area contributed by atoms with Crippen molar-refractivity contribution in [2.24, 2.45) is 0 Å². The van der Waals surface area contributed by atoms with Crippen molar-refractivity contribution in [2.45, 2.75) is 12.6 Å². The van der Waals surface area contributed by atoms with Crippen molar-refractivity contribution in [3.63, 3.8) is 0 Å². The highest BCUT2D eigenvalue weighted by molar-refractivity contribution is 5.94. The number of anilines is 1. The molecule has 2 N–H and O–H groups in total. The molecule has 8 nitrogen and oxygen atoms in total. The second-order valence-corrected chi connectivity index (χ2v) is 6.59. The summed E-state index contributed by atoms with van der Waals surface area (Å²) < 4.78 is 10.2. The first-order valence-corrected chi connectivity index (χ1v) is 9.02. The third-order valence-electron chi connectivity index (χ3n) is 4.54. The van der Waals surface area contributed by atoms with Gasteiger partial charge in [0.2, 0.25) is 0 Å². The summed E-state index contributed by atoms with van der Waals surface area (Å²) >= 11 is 0. The molecule has 0 aliphatic carbocycles. The van der Waals surface area contributed by atoms with Gasteiger partial charge in [-0.3, -0.25) is 19.2 Å². The van der Waals surface area contributed by atoms with E-state index in [-0.39, 0.29) is 5.91 Å². The Morgan fingerprint density at radius 2 is 2.07 bits per heavy atom. The molecule has 1 aromatic heterocycles. The van der Waals surface area contributed by atoms with E-state index in [0.29, 0.717) is 30.2 Å². The number of aromatic nitrogens is 2. The number of H-pyrrole nitrogens is 1. The van der Waals surface area contributed by atoms with E-state index < -0.39 is 11.9 Å². The van der Waals surface area contributed by atoms with Crippen LogP contribution in [-0.2, 0) is 16.1 Å². The molecule has 28 heavy (non-hydrogen) atoms. The number of carbonyl (C=O) groups is 1. The van der Waals surface area contributed by atoms with Gasteiger partial charge in [0.05, 0.1) is 6.61 Å². The molecule has 0 radical (unpaired) electrons. The van der Waals surface area contributed by atoms with Crippen LogP contribution < -0.4 is 11.1 Å². The SMILES string of the molecule is O=C(Nc1cccc(-c2noc(=O)[nH]2)c1)C1CN(Cc2ccccc2)CCO1. The van der Waals surface area contributed by atoms with Gasteiger partial charge in [-0.1, -0.05) is 47.6 Å². The fourth-order valence-electron chi connectivity index (χ4n) is 3.17. The highest BCUT2D eigenvalue weighted by atomic mass is 16.5. The molecule has 0 saturated carbocycles. The zero-order valence-electron chi connectivity index (χ0n) is 15.1. The number of hydrogen-bond donors (Lipinski definition) is 2. The monoisotopic (exact) mass is 380 g/mol. The Labute approximate surface area is 161 Å². The van der Waals surface area contributed by atoms with Crippen LogP contribution in [0.4, 0.5) is 5.69 Å². The van der Waals surface area contributed by atoms with E-state index in [2.05, 4.69) is 37.0 Å². The topological polar surface area (TPSA) is 100 Å². The molecular weight excluding hydrogens is 360 g/mol. The molecule has 2 aromatic carbocycles. The molecule has 1 atom stereocenters. The Hall–Kier alpha value is -3.23. The van der Waals surface area contributed by atoms with Gasteiger partial charge >= 0.3 is 5.76 Å². The van der Waals surface area contributed by atoms with Gasteiger partial charge < -0.3 is 10.1 Å². The maximum atomic E-state index is 12.7. The minimum atomic E-state index is -0.626. The quantitative estimate of drug-likeness (QED) is 0.701. The summed E-state index contributed by atoms with van der Waals surface area (Å²) in [6, 6.07) is 17.2. The fourth-order valence-corrected chi connectivity index (χ4v) is 3.17. The number of hydrogen-bond acceptors (Lipinski definition) is 6. The number of nitrogens with zero attached hydrogens (tertiary/aromatic N) is 2. The van der Waals surface area contributed by atoms with Crippen LogP contribution in [0, 0.1) is 0 Å². The summed E-state index contributed by atoms with van der Waals surface area (Å²) in [6.07, 6.45) is -0.548. The largest absolute Gasteiger partial charge is 0.439 e. The van der Waals surface area contributed by atoms with E-state index in [9.17, 15) is 9.59 Å². The summed E-state index contributed by atoms with van der Waals surface area (Å²) in [5, 5.41) is 6.53. The van der Waals surface area contributed by atoms with Crippen molar-refractivity contribution >= 4 is 11.6 Å². The molecule has 0 bridgehead atoms. The molecule has 1 aliphatic rings. The van der Waals surface area contributed by atoms with Crippen LogP contribution in [0.3, 0.4) is 0 Å². The molecule has 144 valence electrons. The molecule has 1 amide bonds. The van der Waals surface area contributed by atoms with Gasteiger partial charge in [0.15, 0.2) is 5.82 Å². The van der Waals surface area contributed by atoms with Crippen LogP contribution in [0.1, 0.15) is 5.56 Å². The van der Waals surface area contributed by atoms with Crippen LogP contribution in [-0.4, -0.2) is 46.7 Å². The van der Waals surface area contributed by atoms with Crippen molar-refractivity contribution < 1.29 is 14.1 Å². The highest BCUT2D eigenvalue weighted by Crippen LogP contribution is 2.19. The maximum Gasteiger partial charge on any atom is 0.439 e. The molecule has 2 heterocycles. The summed E-state index contributed by atoms with van der Waals surface area (Å²) in [7, 11) is 0. The first-order chi connectivity index (χ1) is 13.7. The van der Waals surface area contributed by atoms with Crippen LogP contribution in [0.2, 0.25) is 0 Å². The Morgan fingerprint density at radius 3 is 2.86 bits per heavy atom. The predicted octanol–water partition coefficient (Wildman–Crippen LogP) is 1.87. The van der Waals surface area contributed by atoms with Crippen molar-refractivity contribution in [1.29, 1.82) is 0 Å². The summed E-state index contributed by atoms with van der Waals surface area (Å²) in [5.41, 5.74) is 2.44. The van der Waals surface area contributed by atoms with Crippen molar-refractivity contribution in [1.82, 2.24) is 15.0 Å². The second-order valence-electron chi connectivity index (χ2n) is 6.59. The molecule has 4 rings (SSSR count). The highest BCUT2D eigenvalue weighted by Gasteiger charge is 2.26.